The van der Waals surface area contributed by atoms with Gasteiger partial charge in [-0.25, -0.2) is 0 Å². The first-order chi connectivity index (χ1) is 11.9. The predicted octanol–water partition coefficient (Wildman–Crippen LogP) is 3.88. The molecule has 0 atom stereocenters. The zero-order chi connectivity index (χ0) is 18.2. The summed E-state index contributed by atoms with van der Waals surface area (Å²) in [5.41, 5.74) is 1.70. The highest BCUT2D eigenvalue weighted by Gasteiger charge is 2.09. The van der Waals surface area contributed by atoms with Gasteiger partial charge >= 0.3 is 5.97 Å². The van der Waals surface area contributed by atoms with E-state index in [0.29, 0.717) is 11.4 Å². The van der Waals surface area contributed by atoms with Crippen LogP contribution in [0, 0.1) is 0 Å². The van der Waals surface area contributed by atoms with Crippen LogP contribution in [-0.2, 0) is 20.1 Å². The number of amides is 1. The summed E-state index contributed by atoms with van der Waals surface area (Å²) in [6.07, 6.45) is 0. The first-order valence-electron chi connectivity index (χ1n) is 7.49. The molecule has 0 saturated carbocycles. The van der Waals surface area contributed by atoms with Crippen LogP contribution in [-0.4, -0.2) is 38.3 Å². The molecule has 0 spiro atoms. The second kappa shape index (κ2) is 9.70. The molecule has 0 aliphatic carbocycles. The molecule has 1 aromatic carbocycles. The number of hydrogen-bond acceptors (Lipinski definition) is 6. The molecule has 0 fully saturated rings. The van der Waals surface area contributed by atoms with Gasteiger partial charge in [0.2, 0.25) is 0 Å². The molecular weight excluding hydrogens is 380 g/mol. The number of thioether (sulfide) groups is 1. The monoisotopic (exact) mass is 398 g/mol. The predicted molar refractivity (Wildman–Crippen MR) is 106 cm³/mol. The second-order valence-electron chi connectivity index (χ2n) is 5.35. The molecule has 0 radical (unpaired) electrons. The molecule has 1 N–H and O–H groups in total. The quantitative estimate of drug-likeness (QED) is 0.684. The van der Waals surface area contributed by atoms with Crippen molar-refractivity contribution in [2.45, 2.75) is 5.75 Å². The van der Waals surface area contributed by atoms with Gasteiger partial charge in [0, 0.05) is 36.1 Å². The summed E-state index contributed by atoms with van der Waals surface area (Å²) in [6.45, 7) is -0.292. The number of benzene rings is 1. The molecule has 0 saturated heterocycles. The molecule has 5 nitrogen and oxygen atoms in total. The van der Waals surface area contributed by atoms with E-state index in [1.807, 2.05) is 43.3 Å². The van der Waals surface area contributed by atoms with Crippen LogP contribution in [0.1, 0.15) is 4.88 Å². The van der Waals surface area contributed by atoms with E-state index in [1.165, 1.54) is 23.1 Å². The third-order valence-electron chi connectivity index (χ3n) is 3.12. The Morgan fingerprint density at radius 3 is 2.52 bits per heavy atom. The number of carbonyl (C=O) groups excluding carboxylic acids is 2. The van der Waals surface area contributed by atoms with Crippen LogP contribution in [0.2, 0.25) is 4.34 Å². The molecule has 1 heterocycles. The highest BCUT2D eigenvalue weighted by atomic mass is 35.5. The Morgan fingerprint density at radius 2 is 1.92 bits per heavy atom. The Bertz CT molecular complexity index is 717. The van der Waals surface area contributed by atoms with Crippen LogP contribution in [0.15, 0.2) is 36.4 Å². The fourth-order valence-corrected chi connectivity index (χ4v) is 3.91. The van der Waals surface area contributed by atoms with E-state index in [2.05, 4.69) is 5.32 Å². The smallest absolute Gasteiger partial charge is 0.316 e. The Morgan fingerprint density at radius 1 is 1.20 bits per heavy atom. The van der Waals surface area contributed by atoms with E-state index in [0.717, 1.165) is 14.9 Å². The van der Waals surface area contributed by atoms with Crippen molar-refractivity contribution in [2.24, 2.45) is 0 Å². The highest BCUT2D eigenvalue weighted by Crippen LogP contribution is 2.25. The van der Waals surface area contributed by atoms with E-state index >= 15 is 0 Å². The maximum atomic E-state index is 11.8. The van der Waals surface area contributed by atoms with Gasteiger partial charge in [-0.3, -0.25) is 9.59 Å². The van der Waals surface area contributed by atoms with Gasteiger partial charge in [0.05, 0.1) is 10.1 Å². The molecule has 134 valence electrons. The van der Waals surface area contributed by atoms with E-state index in [9.17, 15) is 9.59 Å². The molecule has 2 aromatic rings. The van der Waals surface area contributed by atoms with Crippen LogP contribution in [0.25, 0.3) is 0 Å². The van der Waals surface area contributed by atoms with Gasteiger partial charge < -0.3 is 15.0 Å². The summed E-state index contributed by atoms with van der Waals surface area (Å²) in [6, 6.07) is 11.2. The van der Waals surface area contributed by atoms with Gasteiger partial charge in [0.15, 0.2) is 6.61 Å². The molecule has 8 heteroatoms. The van der Waals surface area contributed by atoms with Gasteiger partial charge in [0.25, 0.3) is 5.91 Å². The standard InChI is InChI=1S/C17H19ClN2O3S2/c1-20(2)13-5-3-12(4-6-13)19-16(21)9-23-17(22)11-24-10-14-7-8-15(18)25-14/h3-8H,9-11H2,1-2H3,(H,19,21). The number of thiophene rings is 1. The fourth-order valence-electron chi connectivity index (χ4n) is 1.89. The minimum absolute atomic E-state index is 0.195. The number of carbonyl (C=O) groups is 2. The zero-order valence-corrected chi connectivity index (χ0v) is 16.3. The topological polar surface area (TPSA) is 58.6 Å². The molecule has 0 unspecified atom stereocenters. The number of nitrogens with one attached hydrogen (secondary N) is 1. The van der Waals surface area contributed by atoms with Gasteiger partial charge in [0.1, 0.15) is 0 Å². The number of esters is 1. The van der Waals surface area contributed by atoms with Crippen LogP contribution in [0.3, 0.4) is 0 Å². The van der Waals surface area contributed by atoms with Crippen molar-refractivity contribution in [1.82, 2.24) is 0 Å². The summed E-state index contributed by atoms with van der Waals surface area (Å²) in [5, 5.41) is 2.69. The van der Waals surface area contributed by atoms with Gasteiger partial charge in [-0.05, 0) is 36.4 Å². The summed E-state index contributed by atoms with van der Waals surface area (Å²) >= 11 is 8.76. The van der Waals surface area contributed by atoms with Crippen molar-refractivity contribution in [3.63, 3.8) is 0 Å². The maximum absolute atomic E-state index is 11.8. The van der Waals surface area contributed by atoms with Crippen LogP contribution < -0.4 is 10.2 Å². The number of ether oxygens (including phenoxy) is 1. The number of anilines is 2. The van der Waals surface area contributed by atoms with E-state index in [-0.39, 0.29) is 18.3 Å². The van der Waals surface area contributed by atoms with E-state index in [1.54, 1.807) is 12.1 Å². The van der Waals surface area contributed by atoms with Crippen LogP contribution >= 0.6 is 34.7 Å². The first kappa shape index (κ1) is 19.6. The van der Waals surface area contributed by atoms with Crippen molar-refractivity contribution >= 4 is 58.0 Å². The summed E-state index contributed by atoms with van der Waals surface area (Å²) in [7, 11) is 3.89. The maximum Gasteiger partial charge on any atom is 0.316 e. The molecule has 25 heavy (non-hydrogen) atoms. The highest BCUT2D eigenvalue weighted by molar-refractivity contribution is 7.99. The lowest BCUT2D eigenvalue weighted by molar-refractivity contribution is -0.144. The van der Waals surface area contributed by atoms with E-state index < -0.39 is 5.97 Å². The van der Waals surface area contributed by atoms with Gasteiger partial charge in [-0.2, -0.15) is 0 Å². The summed E-state index contributed by atoms with van der Waals surface area (Å²) < 4.78 is 5.71. The van der Waals surface area contributed by atoms with Crippen molar-refractivity contribution in [1.29, 1.82) is 0 Å². The molecule has 0 bridgehead atoms. The van der Waals surface area contributed by atoms with Crippen molar-refractivity contribution in [3.05, 3.63) is 45.6 Å². The summed E-state index contributed by atoms with van der Waals surface area (Å²) in [4.78, 5) is 26.5. The first-order valence-corrected chi connectivity index (χ1v) is 9.84. The Hall–Kier alpha value is -1.70. The second-order valence-corrected chi connectivity index (χ2v) is 8.13. The minimum Gasteiger partial charge on any atom is -0.455 e. The number of nitrogens with zero attached hydrogens (tertiary/aromatic N) is 1. The molecular formula is C17H19ClN2O3S2. The number of hydrogen-bond donors (Lipinski definition) is 1. The van der Waals surface area contributed by atoms with Crippen LogP contribution in [0.5, 0.6) is 0 Å². The third-order valence-corrected chi connectivity index (χ3v) is 5.49. The Labute approximate surface area is 160 Å². The lowest BCUT2D eigenvalue weighted by Gasteiger charge is -2.13. The van der Waals surface area contributed by atoms with Gasteiger partial charge in [-0.1, -0.05) is 11.6 Å². The average Bonchev–Trinajstić information content (AvgIpc) is 2.99. The minimum atomic E-state index is -0.411. The third kappa shape index (κ3) is 6.97. The van der Waals surface area contributed by atoms with Crippen LogP contribution in [0.4, 0.5) is 11.4 Å². The van der Waals surface area contributed by atoms with Crippen molar-refractivity contribution in [2.75, 3.05) is 36.7 Å². The normalized spacial score (nSPS) is 10.4. The molecule has 1 amide bonds. The molecule has 0 aliphatic heterocycles. The lowest BCUT2D eigenvalue weighted by Crippen LogP contribution is -2.21. The van der Waals surface area contributed by atoms with E-state index in [4.69, 9.17) is 16.3 Å². The lowest BCUT2D eigenvalue weighted by atomic mass is 10.2. The number of halogens is 1. The SMILES string of the molecule is CN(C)c1ccc(NC(=O)COC(=O)CSCc2ccc(Cl)s2)cc1. The average molecular weight is 399 g/mol. The van der Waals surface area contributed by atoms with Crippen molar-refractivity contribution < 1.29 is 14.3 Å². The number of rotatable bonds is 8. The molecule has 0 aliphatic rings. The van der Waals surface area contributed by atoms with Crippen molar-refractivity contribution in [3.8, 4) is 0 Å². The molecule has 1 aromatic heterocycles. The van der Waals surface area contributed by atoms with Gasteiger partial charge in [-0.15, -0.1) is 23.1 Å². The fraction of sp³-hybridized carbons (Fsp3) is 0.294. The Balaban J connectivity index is 1.65. The zero-order valence-electron chi connectivity index (χ0n) is 14.0. The molecule has 2 rings (SSSR count). The Kier molecular flexibility index (Phi) is 7.61. The summed E-state index contributed by atoms with van der Waals surface area (Å²) in [5.74, 6) is 0.115. The largest absolute Gasteiger partial charge is 0.455 e.